The fourth-order valence-electron chi connectivity index (χ4n) is 3.65. The minimum Gasteiger partial charge on any atom is -0.506 e. The van der Waals surface area contributed by atoms with E-state index >= 15 is 0 Å². The summed E-state index contributed by atoms with van der Waals surface area (Å²) in [5.41, 5.74) is 1.41. The lowest BCUT2D eigenvalue weighted by Crippen LogP contribution is -2.42. The molecule has 0 fully saturated rings. The van der Waals surface area contributed by atoms with Crippen molar-refractivity contribution in [2.45, 2.75) is 13.5 Å². The summed E-state index contributed by atoms with van der Waals surface area (Å²) in [6.07, 6.45) is 1.38. The number of nitrogens with one attached hydrogen (secondary N) is 1. The quantitative estimate of drug-likeness (QED) is 0.339. The minimum atomic E-state index is -0.634. The zero-order chi connectivity index (χ0) is 22.8. The molecule has 32 heavy (non-hydrogen) atoms. The Bertz CT molecular complexity index is 1360. The molecule has 0 radical (unpaired) electrons. The average Bonchev–Trinajstić information content (AvgIpc) is 2.79. The van der Waals surface area contributed by atoms with Crippen molar-refractivity contribution >= 4 is 39.9 Å². The average molecular weight is 444 g/mol. The Morgan fingerprint density at radius 2 is 1.84 bits per heavy atom. The number of fused-ring (bicyclic) bond motifs is 1. The fourth-order valence-corrected chi connectivity index (χ4v) is 3.82. The molecule has 0 spiro atoms. The number of carbonyl (C=O) groups is 2. The maximum absolute atomic E-state index is 13.3. The van der Waals surface area contributed by atoms with E-state index in [1.54, 1.807) is 6.92 Å². The third-order valence-corrected chi connectivity index (χ3v) is 5.60. The van der Waals surface area contributed by atoms with Crippen molar-refractivity contribution in [2.75, 3.05) is 5.32 Å². The first-order valence-electron chi connectivity index (χ1n) is 9.80. The number of nitriles is 1. The molecule has 3 aromatic carbocycles. The second-order valence-electron chi connectivity index (χ2n) is 7.31. The summed E-state index contributed by atoms with van der Waals surface area (Å²) in [6.45, 7) is 1.58. The van der Waals surface area contributed by atoms with Gasteiger partial charge in [0.15, 0.2) is 0 Å². The van der Waals surface area contributed by atoms with Gasteiger partial charge in [-0.25, -0.2) is 0 Å². The van der Waals surface area contributed by atoms with E-state index in [0.29, 0.717) is 10.7 Å². The van der Waals surface area contributed by atoms with Gasteiger partial charge in [0.05, 0.1) is 17.8 Å². The van der Waals surface area contributed by atoms with Gasteiger partial charge in [0.1, 0.15) is 17.4 Å². The number of hydrogen-bond acceptors (Lipinski definition) is 5. The lowest BCUT2D eigenvalue weighted by molar-refractivity contribution is -0.141. The molecule has 1 aliphatic heterocycles. The van der Waals surface area contributed by atoms with Gasteiger partial charge in [0.25, 0.3) is 11.8 Å². The number of nitrogens with zero attached hydrogens (tertiary/aromatic N) is 2. The summed E-state index contributed by atoms with van der Waals surface area (Å²) >= 11 is 5.98. The lowest BCUT2D eigenvalue weighted by atomic mass is 9.95. The number of carbonyl (C=O) groups excluding carboxylic acids is 2. The molecule has 0 unspecified atom stereocenters. The third-order valence-electron chi connectivity index (χ3n) is 5.36. The largest absolute Gasteiger partial charge is 0.506 e. The van der Waals surface area contributed by atoms with E-state index in [2.05, 4.69) is 5.32 Å². The molecule has 4 rings (SSSR count). The van der Waals surface area contributed by atoms with Gasteiger partial charge >= 0.3 is 0 Å². The van der Waals surface area contributed by atoms with Crippen LogP contribution >= 0.6 is 11.6 Å². The number of anilines is 1. The van der Waals surface area contributed by atoms with E-state index in [9.17, 15) is 20.0 Å². The molecule has 158 valence electrons. The van der Waals surface area contributed by atoms with Crippen LogP contribution < -0.4 is 5.32 Å². The van der Waals surface area contributed by atoms with E-state index in [1.807, 2.05) is 48.5 Å². The number of rotatable bonds is 4. The van der Waals surface area contributed by atoms with Gasteiger partial charge in [-0.1, -0.05) is 54.1 Å². The van der Waals surface area contributed by atoms with Crippen LogP contribution in [0.4, 0.5) is 5.69 Å². The molecule has 0 bridgehead atoms. The number of amides is 2. The molecule has 0 aromatic heterocycles. The predicted octanol–water partition coefficient (Wildman–Crippen LogP) is 4.90. The van der Waals surface area contributed by atoms with Gasteiger partial charge in [-0.3, -0.25) is 14.5 Å². The van der Waals surface area contributed by atoms with Crippen LogP contribution in [0.3, 0.4) is 0 Å². The fraction of sp³-hybridized carbons (Fsp3) is 0.0800. The maximum atomic E-state index is 13.3. The highest BCUT2D eigenvalue weighted by molar-refractivity contribution is 6.31. The molecule has 2 amide bonds. The van der Waals surface area contributed by atoms with Crippen LogP contribution in [0.15, 0.2) is 83.6 Å². The highest BCUT2D eigenvalue weighted by Crippen LogP contribution is 2.30. The number of benzene rings is 3. The summed E-state index contributed by atoms with van der Waals surface area (Å²) in [5, 5.41) is 24.8. The van der Waals surface area contributed by atoms with Gasteiger partial charge in [-0.05, 0) is 47.0 Å². The second kappa shape index (κ2) is 8.58. The van der Waals surface area contributed by atoms with Gasteiger partial charge in [0, 0.05) is 11.2 Å². The summed E-state index contributed by atoms with van der Waals surface area (Å²) in [7, 11) is 0. The van der Waals surface area contributed by atoms with E-state index in [4.69, 9.17) is 11.6 Å². The molecule has 0 atom stereocenters. The molecule has 6 nitrogen and oxygen atoms in total. The van der Waals surface area contributed by atoms with Gasteiger partial charge < -0.3 is 10.4 Å². The van der Waals surface area contributed by atoms with E-state index in [0.717, 1.165) is 21.2 Å². The van der Waals surface area contributed by atoms with Crippen molar-refractivity contribution < 1.29 is 14.7 Å². The van der Waals surface area contributed by atoms with Crippen molar-refractivity contribution in [2.24, 2.45) is 0 Å². The third kappa shape index (κ3) is 3.82. The van der Waals surface area contributed by atoms with Crippen molar-refractivity contribution in [3.05, 3.63) is 94.2 Å². The minimum absolute atomic E-state index is 0.0250. The van der Waals surface area contributed by atoms with E-state index in [-0.39, 0.29) is 29.0 Å². The molecular formula is C25H18ClN3O3. The first kappa shape index (κ1) is 21.2. The second-order valence-corrected chi connectivity index (χ2v) is 7.75. The van der Waals surface area contributed by atoms with Gasteiger partial charge in [-0.2, -0.15) is 5.26 Å². The summed E-state index contributed by atoms with van der Waals surface area (Å²) in [4.78, 5) is 27.3. The summed E-state index contributed by atoms with van der Waals surface area (Å²) in [6, 6.07) is 19.7. The normalized spacial score (nSPS) is 15.4. The number of halogens is 1. The Balaban J connectivity index is 1.73. The standard InChI is InChI=1S/C25H18ClN3O3/c1-15-20(12-27)24(31)29(14-17-7-4-6-16-5-2-3-8-19(16)17)25(32)21(15)13-28-22-11-18(26)9-10-23(22)30/h2-11,13,28,30H,14H2,1H3/b21-13-. The number of phenols is 1. The summed E-state index contributed by atoms with van der Waals surface area (Å²) in [5.74, 6) is -1.22. The van der Waals surface area contributed by atoms with Crippen molar-refractivity contribution in [3.8, 4) is 11.8 Å². The summed E-state index contributed by atoms with van der Waals surface area (Å²) < 4.78 is 0. The van der Waals surface area contributed by atoms with Crippen LogP contribution in [0.1, 0.15) is 12.5 Å². The highest BCUT2D eigenvalue weighted by Gasteiger charge is 2.35. The predicted molar refractivity (Wildman–Crippen MR) is 123 cm³/mol. The Kier molecular flexibility index (Phi) is 5.67. The van der Waals surface area contributed by atoms with Crippen LogP contribution in [0.5, 0.6) is 5.75 Å². The van der Waals surface area contributed by atoms with E-state index in [1.165, 1.54) is 24.4 Å². The van der Waals surface area contributed by atoms with Crippen LogP contribution in [0.2, 0.25) is 5.02 Å². The Morgan fingerprint density at radius 1 is 1.09 bits per heavy atom. The van der Waals surface area contributed by atoms with Gasteiger partial charge in [0.2, 0.25) is 0 Å². The zero-order valence-corrected chi connectivity index (χ0v) is 17.8. The highest BCUT2D eigenvalue weighted by atomic mass is 35.5. The first-order valence-corrected chi connectivity index (χ1v) is 10.2. The molecule has 1 heterocycles. The molecular weight excluding hydrogens is 426 g/mol. The molecule has 0 saturated heterocycles. The van der Waals surface area contributed by atoms with Crippen molar-refractivity contribution in [1.29, 1.82) is 5.26 Å². The molecule has 0 aliphatic carbocycles. The topological polar surface area (TPSA) is 93.4 Å². The van der Waals surface area contributed by atoms with Gasteiger partial charge in [-0.15, -0.1) is 0 Å². The number of phenolic OH excluding ortho intramolecular Hbond substituents is 1. The number of aromatic hydroxyl groups is 1. The molecule has 1 aliphatic rings. The number of imide groups is 1. The zero-order valence-electron chi connectivity index (χ0n) is 17.1. The monoisotopic (exact) mass is 443 g/mol. The smallest absolute Gasteiger partial charge is 0.271 e. The molecule has 3 aromatic rings. The first-order chi connectivity index (χ1) is 15.4. The Morgan fingerprint density at radius 3 is 2.62 bits per heavy atom. The van der Waals surface area contributed by atoms with Crippen molar-refractivity contribution in [3.63, 3.8) is 0 Å². The van der Waals surface area contributed by atoms with Crippen LogP contribution in [0, 0.1) is 11.3 Å². The van der Waals surface area contributed by atoms with Crippen LogP contribution in [-0.2, 0) is 16.1 Å². The lowest BCUT2D eigenvalue weighted by Gasteiger charge is -2.28. The molecule has 7 heteroatoms. The Labute approximate surface area is 189 Å². The van der Waals surface area contributed by atoms with Crippen LogP contribution in [-0.4, -0.2) is 21.8 Å². The molecule has 2 N–H and O–H groups in total. The van der Waals surface area contributed by atoms with Crippen LogP contribution in [0.25, 0.3) is 10.8 Å². The SMILES string of the molecule is CC1=C(C#N)C(=O)N(Cc2cccc3ccccc23)C(=O)/C1=C\Nc1cc(Cl)ccc1O. The van der Waals surface area contributed by atoms with Crippen molar-refractivity contribution in [1.82, 2.24) is 4.90 Å². The maximum Gasteiger partial charge on any atom is 0.271 e. The molecule has 0 saturated carbocycles. The van der Waals surface area contributed by atoms with E-state index < -0.39 is 11.8 Å². The Hall–Kier alpha value is -4.08. The number of hydrogen-bond donors (Lipinski definition) is 2.